The van der Waals surface area contributed by atoms with Crippen LogP contribution in [0.1, 0.15) is 32.3 Å². The van der Waals surface area contributed by atoms with E-state index >= 15 is 0 Å². The maximum Gasteiger partial charge on any atom is 0.276 e. The van der Waals surface area contributed by atoms with E-state index in [4.69, 9.17) is 12.2 Å². The van der Waals surface area contributed by atoms with Crippen molar-refractivity contribution >= 4 is 35.0 Å². The van der Waals surface area contributed by atoms with Crippen LogP contribution in [0.3, 0.4) is 0 Å². The van der Waals surface area contributed by atoms with Gasteiger partial charge < -0.3 is 9.80 Å². The van der Waals surface area contributed by atoms with Crippen molar-refractivity contribution in [2.24, 2.45) is 5.92 Å². The van der Waals surface area contributed by atoms with Gasteiger partial charge in [-0.3, -0.25) is 9.69 Å². The lowest BCUT2D eigenvalue weighted by atomic mass is 10.1. The molecule has 3 rings (SSSR count). The van der Waals surface area contributed by atoms with Gasteiger partial charge >= 0.3 is 0 Å². The molecule has 2 fully saturated rings. The number of hydrogen-bond donors (Lipinski definition) is 0. The van der Waals surface area contributed by atoms with Gasteiger partial charge in [0.1, 0.15) is 5.70 Å². The summed E-state index contributed by atoms with van der Waals surface area (Å²) in [6.07, 6.45) is 4.48. The van der Waals surface area contributed by atoms with Crippen molar-refractivity contribution in [1.29, 1.82) is 0 Å². The fourth-order valence-corrected chi connectivity index (χ4v) is 3.51. The summed E-state index contributed by atoms with van der Waals surface area (Å²) in [5.41, 5.74) is 2.94. The monoisotopic (exact) mass is 343 g/mol. The van der Waals surface area contributed by atoms with Crippen LogP contribution in [0.2, 0.25) is 0 Å². The van der Waals surface area contributed by atoms with Crippen LogP contribution in [0.4, 0.5) is 5.69 Å². The Morgan fingerprint density at radius 1 is 1.17 bits per heavy atom. The standard InChI is InChI=1S/C19H25N3OS/c1-14(2)13-22-18(23)17(20(3)19(22)24)12-15-6-8-16(9-7-15)21-10-4-5-11-21/h6-9,12,14H,4-5,10-11,13H2,1-3H3/b17-12+. The van der Waals surface area contributed by atoms with Gasteiger partial charge in [-0.25, -0.2) is 0 Å². The third kappa shape index (κ3) is 3.31. The minimum absolute atomic E-state index is 0.000167. The van der Waals surface area contributed by atoms with E-state index in [0.717, 1.165) is 18.7 Å². The lowest BCUT2D eigenvalue weighted by Crippen LogP contribution is -2.34. The van der Waals surface area contributed by atoms with Crippen molar-refractivity contribution in [3.8, 4) is 0 Å². The van der Waals surface area contributed by atoms with E-state index in [-0.39, 0.29) is 5.91 Å². The van der Waals surface area contributed by atoms with Crippen molar-refractivity contribution in [2.45, 2.75) is 26.7 Å². The molecule has 2 heterocycles. The number of hydrogen-bond acceptors (Lipinski definition) is 3. The number of carbonyl (C=O) groups excluding carboxylic acids is 1. The second-order valence-corrected chi connectivity index (χ2v) is 7.33. The Hall–Kier alpha value is -1.88. The summed E-state index contributed by atoms with van der Waals surface area (Å²) >= 11 is 5.43. The van der Waals surface area contributed by atoms with E-state index in [2.05, 4.69) is 43.0 Å². The van der Waals surface area contributed by atoms with Gasteiger partial charge in [-0.2, -0.15) is 0 Å². The third-order valence-electron chi connectivity index (χ3n) is 4.56. The number of anilines is 1. The molecule has 1 aromatic rings. The molecule has 0 saturated carbocycles. The van der Waals surface area contributed by atoms with Gasteiger partial charge in [-0.05, 0) is 54.7 Å². The molecule has 0 N–H and O–H groups in total. The van der Waals surface area contributed by atoms with Crippen LogP contribution < -0.4 is 4.90 Å². The largest absolute Gasteiger partial charge is 0.372 e. The Labute approximate surface area is 149 Å². The zero-order valence-corrected chi connectivity index (χ0v) is 15.5. The highest BCUT2D eigenvalue weighted by molar-refractivity contribution is 7.80. The molecule has 4 nitrogen and oxygen atoms in total. The first-order valence-corrected chi connectivity index (χ1v) is 9.04. The first kappa shape index (κ1) is 17.0. The fraction of sp³-hybridized carbons (Fsp3) is 0.474. The molecule has 0 atom stereocenters. The summed E-state index contributed by atoms with van der Waals surface area (Å²) in [4.78, 5) is 18.6. The summed E-state index contributed by atoms with van der Waals surface area (Å²) in [6, 6.07) is 8.44. The number of likely N-dealkylation sites (N-methyl/N-ethyl adjacent to an activating group) is 1. The van der Waals surface area contributed by atoms with Crippen molar-refractivity contribution < 1.29 is 4.79 Å². The maximum atomic E-state index is 12.7. The van der Waals surface area contributed by atoms with Crippen molar-refractivity contribution in [3.63, 3.8) is 0 Å². The highest BCUT2D eigenvalue weighted by atomic mass is 32.1. The molecule has 2 aliphatic rings. The average molecular weight is 343 g/mol. The van der Waals surface area contributed by atoms with E-state index in [1.165, 1.54) is 18.5 Å². The highest BCUT2D eigenvalue weighted by Crippen LogP contribution is 2.25. The molecule has 0 spiro atoms. The molecule has 2 saturated heterocycles. The lowest BCUT2D eigenvalue weighted by molar-refractivity contribution is -0.122. The van der Waals surface area contributed by atoms with E-state index in [1.807, 2.05) is 18.0 Å². The number of nitrogens with zero attached hydrogens (tertiary/aromatic N) is 3. The van der Waals surface area contributed by atoms with Gasteiger partial charge in [0.2, 0.25) is 0 Å². The lowest BCUT2D eigenvalue weighted by Gasteiger charge is -2.18. The zero-order valence-electron chi connectivity index (χ0n) is 14.7. The molecule has 24 heavy (non-hydrogen) atoms. The first-order valence-electron chi connectivity index (χ1n) is 8.63. The number of amides is 1. The zero-order chi connectivity index (χ0) is 17.3. The normalized spacial score (nSPS) is 20.2. The van der Waals surface area contributed by atoms with E-state index in [1.54, 1.807) is 4.90 Å². The summed E-state index contributed by atoms with van der Waals surface area (Å²) in [6.45, 7) is 7.12. The number of carbonyl (C=O) groups is 1. The molecule has 0 aliphatic carbocycles. The molecular weight excluding hydrogens is 318 g/mol. The Bertz CT molecular complexity index is 660. The Morgan fingerprint density at radius 2 is 1.79 bits per heavy atom. The molecule has 5 heteroatoms. The quantitative estimate of drug-likeness (QED) is 0.619. The van der Waals surface area contributed by atoms with E-state index in [0.29, 0.717) is 23.3 Å². The van der Waals surface area contributed by atoms with Gasteiger partial charge in [0.05, 0.1) is 0 Å². The number of rotatable bonds is 4. The SMILES string of the molecule is CC(C)CN1C(=O)/C(=C\c2ccc(N3CCCC3)cc2)N(C)C1=S. The molecule has 0 aromatic heterocycles. The smallest absolute Gasteiger partial charge is 0.276 e. The molecule has 2 aliphatic heterocycles. The minimum Gasteiger partial charge on any atom is -0.372 e. The Morgan fingerprint density at radius 3 is 2.38 bits per heavy atom. The van der Waals surface area contributed by atoms with Gasteiger partial charge in [-0.15, -0.1) is 0 Å². The Balaban J connectivity index is 1.79. The summed E-state index contributed by atoms with van der Waals surface area (Å²) in [5, 5.41) is 0.591. The Kier molecular flexibility index (Phi) is 4.90. The van der Waals surface area contributed by atoms with Crippen LogP contribution in [0, 0.1) is 5.92 Å². The predicted octanol–water partition coefficient (Wildman–Crippen LogP) is 3.34. The van der Waals surface area contributed by atoms with Gasteiger partial charge in [0.15, 0.2) is 5.11 Å². The third-order valence-corrected chi connectivity index (χ3v) is 5.05. The van der Waals surface area contributed by atoms with Crippen molar-refractivity contribution in [3.05, 3.63) is 35.5 Å². The van der Waals surface area contributed by atoms with Crippen LogP contribution in [-0.4, -0.2) is 47.5 Å². The fourth-order valence-electron chi connectivity index (χ4n) is 3.25. The van der Waals surface area contributed by atoms with E-state index in [9.17, 15) is 4.79 Å². The second kappa shape index (κ2) is 6.93. The van der Waals surface area contributed by atoms with Gasteiger partial charge in [-0.1, -0.05) is 26.0 Å². The first-order chi connectivity index (χ1) is 11.5. The summed E-state index contributed by atoms with van der Waals surface area (Å²) in [5.74, 6) is 0.388. The molecule has 0 unspecified atom stereocenters. The van der Waals surface area contributed by atoms with Crippen LogP contribution in [0.25, 0.3) is 6.08 Å². The van der Waals surface area contributed by atoms with Crippen molar-refractivity contribution in [1.82, 2.24) is 9.80 Å². The van der Waals surface area contributed by atoms with Crippen LogP contribution in [0.5, 0.6) is 0 Å². The average Bonchev–Trinajstić information content (AvgIpc) is 3.16. The summed E-state index contributed by atoms with van der Waals surface area (Å²) < 4.78 is 0. The molecule has 0 bridgehead atoms. The minimum atomic E-state index is -0.000167. The predicted molar refractivity (Wildman–Crippen MR) is 103 cm³/mol. The molecule has 0 radical (unpaired) electrons. The van der Waals surface area contributed by atoms with Gasteiger partial charge in [0.25, 0.3) is 5.91 Å². The summed E-state index contributed by atoms with van der Waals surface area (Å²) in [7, 11) is 1.87. The van der Waals surface area contributed by atoms with Crippen LogP contribution in [0.15, 0.2) is 30.0 Å². The van der Waals surface area contributed by atoms with Crippen LogP contribution >= 0.6 is 12.2 Å². The molecule has 1 aromatic carbocycles. The van der Waals surface area contributed by atoms with E-state index < -0.39 is 0 Å². The molecular formula is C19H25N3OS. The van der Waals surface area contributed by atoms with Gasteiger partial charge in [0, 0.05) is 32.4 Å². The number of thiocarbonyl (C=S) groups is 1. The van der Waals surface area contributed by atoms with Crippen LogP contribution in [-0.2, 0) is 4.79 Å². The number of benzene rings is 1. The second-order valence-electron chi connectivity index (χ2n) is 6.97. The van der Waals surface area contributed by atoms with Crippen molar-refractivity contribution in [2.75, 3.05) is 31.6 Å². The topological polar surface area (TPSA) is 26.8 Å². The molecule has 128 valence electrons. The molecule has 1 amide bonds. The maximum absolute atomic E-state index is 12.7. The highest BCUT2D eigenvalue weighted by Gasteiger charge is 2.35.